The van der Waals surface area contributed by atoms with Gasteiger partial charge in [-0.15, -0.1) is 0 Å². The van der Waals surface area contributed by atoms with E-state index in [-0.39, 0.29) is 0 Å². The Bertz CT molecular complexity index is 598. The fourth-order valence-electron chi connectivity index (χ4n) is 1.87. The fourth-order valence-corrected chi connectivity index (χ4v) is 1.87. The first-order valence-corrected chi connectivity index (χ1v) is 5.99. The Labute approximate surface area is 112 Å². The van der Waals surface area contributed by atoms with Crippen LogP contribution in [0.15, 0.2) is 30.5 Å². The third-order valence-corrected chi connectivity index (χ3v) is 2.80. The van der Waals surface area contributed by atoms with Gasteiger partial charge in [-0.1, -0.05) is 0 Å². The molecule has 1 N–H and O–H groups in total. The monoisotopic (exact) mass is 256 g/mol. The van der Waals surface area contributed by atoms with E-state index in [1.165, 1.54) is 0 Å². The molecule has 0 saturated carbocycles. The number of methoxy groups -OCH3 is 1. The molecule has 0 bridgehead atoms. The Morgan fingerprint density at radius 1 is 1.37 bits per heavy atom. The zero-order valence-electron chi connectivity index (χ0n) is 11.1. The SMILES string of the molecule is COc1ccc(C#N)cc1CNCc1ccn(C)n1. The first-order valence-electron chi connectivity index (χ1n) is 5.99. The second kappa shape index (κ2) is 6.03. The Hall–Kier alpha value is -2.32. The molecule has 0 aliphatic carbocycles. The van der Waals surface area contributed by atoms with Gasteiger partial charge in [0.25, 0.3) is 0 Å². The van der Waals surface area contributed by atoms with Gasteiger partial charge in [-0.2, -0.15) is 10.4 Å². The van der Waals surface area contributed by atoms with Gasteiger partial charge in [0.15, 0.2) is 0 Å². The predicted octanol–water partition coefficient (Wildman–Crippen LogP) is 1.59. The topological polar surface area (TPSA) is 62.9 Å². The molecule has 5 nitrogen and oxygen atoms in total. The summed E-state index contributed by atoms with van der Waals surface area (Å²) in [4.78, 5) is 0. The summed E-state index contributed by atoms with van der Waals surface area (Å²) in [6.45, 7) is 1.32. The van der Waals surface area contributed by atoms with E-state index in [0.29, 0.717) is 18.7 Å². The largest absolute Gasteiger partial charge is 0.496 e. The van der Waals surface area contributed by atoms with Crippen molar-refractivity contribution in [3.05, 3.63) is 47.3 Å². The van der Waals surface area contributed by atoms with Gasteiger partial charge < -0.3 is 10.1 Å². The number of aromatic nitrogens is 2. The smallest absolute Gasteiger partial charge is 0.123 e. The highest BCUT2D eigenvalue weighted by Gasteiger charge is 2.04. The number of ether oxygens (including phenoxy) is 1. The number of rotatable bonds is 5. The quantitative estimate of drug-likeness (QED) is 0.882. The number of aryl methyl sites for hydroxylation is 1. The van der Waals surface area contributed by atoms with E-state index in [1.54, 1.807) is 17.9 Å². The van der Waals surface area contributed by atoms with Crippen molar-refractivity contribution in [2.45, 2.75) is 13.1 Å². The molecule has 0 spiro atoms. The Kier molecular flexibility index (Phi) is 4.16. The fraction of sp³-hybridized carbons (Fsp3) is 0.286. The number of nitriles is 1. The van der Waals surface area contributed by atoms with Crippen molar-refractivity contribution in [2.24, 2.45) is 7.05 Å². The molecule has 0 saturated heterocycles. The molecule has 0 aliphatic heterocycles. The van der Waals surface area contributed by atoms with Gasteiger partial charge >= 0.3 is 0 Å². The first-order chi connectivity index (χ1) is 9.22. The van der Waals surface area contributed by atoms with Crippen LogP contribution in [-0.2, 0) is 20.1 Å². The van der Waals surface area contributed by atoms with E-state index in [1.807, 2.05) is 31.4 Å². The van der Waals surface area contributed by atoms with Gasteiger partial charge in [-0.3, -0.25) is 4.68 Å². The van der Waals surface area contributed by atoms with Crippen LogP contribution in [0.5, 0.6) is 5.75 Å². The molecule has 19 heavy (non-hydrogen) atoms. The van der Waals surface area contributed by atoms with Crippen LogP contribution in [0, 0.1) is 11.3 Å². The highest BCUT2D eigenvalue weighted by molar-refractivity contribution is 5.41. The van der Waals surface area contributed by atoms with E-state index < -0.39 is 0 Å². The molecule has 2 rings (SSSR count). The minimum atomic E-state index is 0.634. The zero-order chi connectivity index (χ0) is 13.7. The molecule has 5 heteroatoms. The van der Waals surface area contributed by atoms with E-state index in [9.17, 15) is 0 Å². The van der Waals surface area contributed by atoms with Crippen molar-refractivity contribution in [1.29, 1.82) is 5.26 Å². The minimum Gasteiger partial charge on any atom is -0.496 e. The van der Waals surface area contributed by atoms with Crippen molar-refractivity contribution in [2.75, 3.05) is 7.11 Å². The number of nitrogens with one attached hydrogen (secondary N) is 1. The van der Waals surface area contributed by atoms with Crippen molar-refractivity contribution in [3.8, 4) is 11.8 Å². The molecule has 1 aromatic carbocycles. The van der Waals surface area contributed by atoms with Crippen LogP contribution in [-0.4, -0.2) is 16.9 Å². The molecule has 0 radical (unpaired) electrons. The van der Waals surface area contributed by atoms with Crippen LogP contribution < -0.4 is 10.1 Å². The van der Waals surface area contributed by atoms with E-state index >= 15 is 0 Å². The molecule has 0 aliphatic rings. The van der Waals surface area contributed by atoms with Crippen LogP contribution in [0.1, 0.15) is 16.8 Å². The van der Waals surface area contributed by atoms with Gasteiger partial charge in [0.1, 0.15) is 5.75 Å². The summed E-state index contributed by atoms with van der Waals surface area (Å²) in [7, 11) is 3.52. The summed E-state index contributed by atoms with van der Waals surface area (Å²) in [5.41, 5.74) is 2.59. The highest BCUT2D eigenvalue weighted by Crippen LogP contribution is 2.19. The van der Waals surface area contributed by atoms with Crippen LogP contribution in [0.4, 0.5) is 0 Å². The van der Waals surface area contributed by atoms with Gasteiger partial charge in [0, 0.05) is 31.9 Å². The molecule has 1 heterocycles. The summed E-state index contributed by atoms with van der Waals surface area (Å²) < 4.78 is 7.05. The zero-order valence-corrected chi connectivity index (χ0v) is 11.1. The van der Waals surface area contributed by atoms with Gasteiger partial charge in [0.05, 0.1) is 24.4 Å². The molecular formula is C14H16N4O. The van der Waals surface area contributed by atoms with Crippen molar-refractivity contribution >= 4 is 0 Å². The maximum Gasteiger partial charge on any atom is 0.123 e. The third-order valence-electron chi connectivity index (χ3n) is 2.80. The van der Waals surface area contributed by atoms with E-state index in [4.69, 9.17) is 10.00 Å². The molecule has 98 valence electrons. The van der Waals surface area contributed by atoms with Crippen LogP contribution in [0.2, 0.25) is 0 Å². The Morgan fingerprint density at radius 2 is 2.21 bits per heavy atom. The van der Waals surface area contributed by atoms with Gasteiger partial charge in [-0.25, -0.2) is 0 Å². The van der Waals surface area contributed by atoms with Crippen LogP contribution in [0.3, 0.4) is 0 Å². The summed E-state index contributed by atoms with van der Waals surface area (Å²) in [5, 5.41) is 16.5. The summed E-state index contributed by atoms with van der Waals surface area (Å²) in [5.74, 6) is 0.785. The molecule has 1 aromatic heterocycles. The first kappa shape index (κ1) is 13.1. The number of hydrogen-bond donors (Lipinski definition) is 1. The molecule has 0 atom stereocenters. The lowest BCUT2D eigenvalue weighted by Gasteiger charge is -2.09. The lowest BCUT2D eigenvalue weighted by atomic mass is 10.1. The Morgan fingerprint density at radius 3 is 2.84 bits per heavy atom. The summed E-state index contributed by atoms with van der Waals surface area (Å²) in [6, 6.07) is 9.50. The number of hydrogen-bond acceptors (Lipinski definition) is 4. The van der Waals surface area contributed by atoms with Crippen molar-refractivity contribution < 1.29 is 4.74 Å². The average Bonchev–Trinajstić information content (AvgIpc) is 2.84. The molecular weight excluding hydrogens is 240 g/mol. The van der Waals surface area contributed by atoms with Gasteiger partial charge in [0.2, 0.25) is 0 Å². The van der Waals surface area contributed by atoms with Crippen molar-refractivity contribution in [1.82, 2.24) is 15.1 Å². The number of nitrogens with zero attached hydrogens (tertiary/aromatic N) is 3. The standard InChI is InChI=1S/C14H16N4O/c1-18-6-5-13(17-18)10-16-9-12-7-11(8-15)3-4-14(12)19-2/h3-7,16H,9-10H2,1-2H3. The second-order valence-corrected chi connectivity index (χ2v) is 4.22. The second-order valence-electron chi connectivity index (χ2n) is 4.22. The summed E-state index contributed by atoms with van der Waals surface area (Å²) >= 11 is 0. The molecule has 0 unspecified atom stereocenters. The number of benzene rings is 1. The van der Waals surface area contributed by atoms with Crippen LogP contribution >= 0.6 is 0 Å². The third kappa shape index (κ3) is 3.33. The van der Waals surface area contributed by atoms with E-state index in [2.05, 4.69) is 16.5 Å². The molecule has 0 fully saturated rings. The van der Waals surface area contributed by atoms with Gasteiger partial charge in [-0.05, 0) is 24.3 Å². The average molecular weight is 256 g/mol. The lowest BCUT2D eigenvalue weighted by molar-refractivity contribution is 0.407. The maximum atomic E-state index is 8.91. The normalized spacial score (nSPS) is 10.2. The molecule has 0 amide bonds. The van der Waals surface area contributed by atoms with E-state index in [0.717, 1.165) is 17.0 Å². The minimum absolute atomic E-state index is 0.634. The Balaban J connectivity index is 2.00. The lowest BCUT2D eigenvalue weighted by Crippen LogP contribution is -2.14. The van der Waals surface area contributed by atoms with Crippen molar-refractivity contribution in [3.63, 3.8) is 0 Å². The summed E-state index contributed by atoms with van der Waals surface area (Å²) in [6.07, 6.45) is 1.91. The maximum absolute atomic E-state index is 8.91. The predicted molar refractivity (Wildman–Crippen MR) is 71.5 cm³/mol. The van der Waals surface area contributed by atoms with Crippen LogP contribution in [0.25, 0.3) is 0 Å². The molecule has 2 aromatic rings. The highest BCUT2D eigenvalue weighted by atomic mass is 16.5.